The number of carbonyl (C=O) groups is 3. The van der Waals surface area contributed by atoms with Gasteiger partial charge in [-0.15, -0.1) is 0 Å². The Hall–Kier alpha value is -4.45. The summed E-state index contributed by atoms with van der Waals surface area (Å²) in [5.74, 6) is -0.912. The fraction of sp³-hybridized carbons (Fsp3) is 0.675. The first-order chi connectivity index (χ1) is 41.0. The zero-order chi connectivity index (χ0) is 59.9. The van der Waals surface area contributed by atoms with Gasteiger partial charge in [0.25, 0.3) is 0 Å². The summed E-state index contributed by atoms with van der Waals surface area (Å²) in [6.45, 7) is 6.37. The van der Waals surface area contributed by atoms with Gasteiger partial charge in [0.05, 0.1) is 0 Å². The second kappa shape index (κ2) is 70.0. The van der Waals surface area contributed by atoms with Crippen molar-refractivity contribution in [3.63, 3.8) is 0 Å². The molecule has 1 unspecified atom stereocenters. The molecule has 0 aromatic heterocycles. The number of hydrogen-bond acceptors (Lipinski definition) is 6. The third kappa shape index (κ3) is 68.2. The molecule has 6 nitrogen and oxygen atoms in total. The second-order valence-corrected chi connectivity index (χ2v) is 22.7. The molecule has 83 heavy (non-hydrogen) atoms. The summed E-state index contributed by atoms with van der Waals surface area (Å²) in [6, 6.07) is 0. The smallest absolute Gasteiger partial charge is 0.306 e. The highest BCUT2D eigenvalue weighted by molar-refractivity contribution is 5.71. The molecule has 0 aliphatic rings. The van der Waals surface area contributed by atoms with E-state index in [-0.39, 0.29) is 31.1 Å². The van der Waals surface area contributed by atoms with Crippen LogP contribution >= 0.6 is 0 Å². The number of hydrogen-bond donors (Lipinski definition) is 0. The van der Waals surface area contributed by atoms with E-state index in [1.807, 2.05) is 0 Å². The van der Waals surface area contributed by atoms with Crippen LogP contribution in [0, 0.1) is 0 Å². The first-order valence-electron chi connectivity index (χ1n) is 34.7. The van der Waals surface area contributed by atoms with Gasteiger partial charge in [-0.05, 0) is 116 Å². The van der Waals surface area contributed by atoms with Crippen molar-refractivity contribution in [3.8, 4) is 0 Å². The van der Waals surface area contributed by atoms with Crippen LogP contribution in [0.2, 0.25) is 0 Å². The number of rotatable bonds is 62. The van der Waals surface area contributed by atoms with Crippen LogP contribution in [0.25, 0.3) is 0 Å². The number of ether oxygens (including phenoxy) is 3. The van der Waals surface area contributed by atoms with Gasteiger partial charge in [0.1, 0.15) is 13.2 Å². The van der Waals surface area contributed by atoms with E-state index in [9.17, 15) is 14.4 Å². The average molecular weight is 1150 g/mol. The molecule has 0 rings (SSSR count). The largest absolute Gasteiger partial charge is 0.462 e. The minimum Gasteiger partial charge on any atom is -0.462 e. The van der Waals surface area contributed by atoms with E-state index in [4.69, 9.17) is 14.2 Å². The quantitative estimate of drug-likeness (QED) is 0.0261. The second-order valence-electron chi connectivity index (χ2n) is 22.7. The van der Waals surface area contributed by atoms with Crippen LogP contribution in [0.4, 0.5) is 0 Å². The molecule has 0 fully saturated rings. The first-order valence-corrected chi connectivity index (χ1v) is 34.7. The topological polar surface area (TPSA) is 78.9 Å². The van der Waals surface area contributed by atoms with Crippen molar-refractivity contribution < 1.29 is 28.6 Å². The van der Waals surface area contributed by atoms with Gasteiger partial charge in [-0.3, -0.25) is 14.4 Å². The number of unbranched alkanes of at least 4 members (excludes halogenated alkanes) is 29. The number of allylic oxidation sites excluding steroid dienone is 22. The molecule has 0 aromatic rings. The molecule has 0 saturated heterocycles. The molecule has 6 heteroatoms. The molecule has 0 radical (unpaired) electrons. The Labute approximate surface area is 513 Å². The summed E-state index contributed by atoms with van der Waals surface area (Å²) in [7, 11) is 0. The molecular formula is C77H128O6. The van der Waals surface area contributed by atoms with Crippen LogP contribution in [0.15, 0.2) is 134 Å². The Morgan fingerprint density at radius 3 is 0.735 bits per heavy atom. The molecule has 472 valence electrons. The van der Waals surface area contributed by atoms with E-state index in [2.05, 4.69) is 154 Å². The molecule has 0 amide bonds. The summed E-state index contributed by atoms with van der Waals surface area (Å²) in [6.07, 6.45) is 99.4. The van der Waals surface area contributed by atoms with E-state index in [1.54, 1.807) is 0 Å². The van der Waals surface area contributed by atoms with Crippen molar-refractivity contribution in [1.82, 2.24) is 0 Å². The minimum absolute atomic E-state index is 0.0877. The Bertz CT molecular complexity index is 1750. The number of carbonyl (C=O) groups excluding carboxylic acids is 3. The Morgan fingerprint density at radius 1 is 0.253 bits per heavy atom. The van der Waals surface area contributed by atoms with Crippen LogP contribution in [0.1, 0.15) is 316 Å². The van der Waals surface area contributed by atoms with Gasteiger partial charge >= 0.3 is 17.9 Å². The van der Waals surface area contributed by atoms with Gasteiger partial charge in [-0.1, -0.05) is 315 Å². The fourth-order valence-corrected chi connectivity index (χ4v) is 9.53. The van der Waals surface area contributed by atoms with Crippen molar-refractivity contribution in [2.75, 3.05) is 13.2 Å². The highest BCUT2D eigenvalue weighted by Crippen LogP contribution is 2.17. The van der Waals surface area contributed by atoms with E-state index < -0.39 is 6.10 Å². The summed E-state index contributed by atoms with van der Waals surface area (Å²) < 4.78 is 16.8. The van der Waals surface area contributed by atoms with Gasteiger partial charge in [0, 0.05) is 19.3 Å². The van der Waals surface area contributed by atoms with Crippen molar-refractivity contribution in [2.45, 2.75) is 322 Å². The van der Waals surface area contributed by atoms with Gasteiger partial charge in [0.2, 0.25) is 0 Å². The third-order valence-corrected chi connectivity index (χ3v) is 14.7. The predicted octanol–water partition coefficient (Wildman–Crippen LogP) is 24.1. The monoisotopic (exact) mass is 1150 g/mol. The molecule has 0 aliphatic carbocycles. The van der Waals surface area contributed by atoms with Gasteiger partial charge in [-0.2, -0.15) is 0 Å². The maximum absolute atomic E-state index is 12.9. The standard InChI is InChI=1S/C77H128O6/c1-4-7-10-13-16-18-20-22-24-26-28-30-32-33-34-35-36-37-38-39-40-41-42-43-45-46-48-50-52-54-56-58-61-64-67-70-76(79)82-73-74(72-81-75(78)69-66-63-60-15-12-9-6-3)83-77(80)71-68-65-62-59-57-55-53-51-49-47-44-31-29-27-25-23-21-19-17-14-11-8-5-2/h7-8,10-11,16-19,22-25,28-31,33-34,47,49,53,55,74H,4-6,9,12-15,20-21,26-27,32,35-46,48,50-52,54,56-73H2,1-3H3/b10-7-,11-8-,18-16-,19-17-,24-22-,25-23-,30-28-,31-29-,34-33-,49-47-,55-53-. The summed E-state index contributed by atoms with van der Waals surface area (Å²) in [5, 5.41) is 0. The Morgan fingerprint density at radius 2 is 0.470 bits per heavy atom. The van der Waals surface area contributed by atoms with Crippen molar-refractivity contribution in [3.05, 3.63) is 134 Å². The van der Waals surface area contributed by atoms with E-state index in [0.29, 0.717) is 19.3 Å². The zero-order valence-corrected chi connectivity index (χ0v) is 54.2. The Balaban J connectivity index is 4.08. The van der Waals surface area contributed by atoms with Crippen molar-refractivity contribution in [1.29, 1.82) is 0 Å². The zero-order valence-electron chi connectivity index (χ0n) is 54.2. The Kier molecular flexibility index (Phi) is 66.3. The van der Waals surface area contributed by atoms with Crippen LogP contribution < -0.4 is 0 Å². The van der Waals surface area contributed by atoms with Gasteiger partial charge in [-0.25, -0.2) is 0 Å². The predicted molar refractivity (Wildman–Crippen MR) is 362 cm³/mol. The average Bonchev–Trinajstić information content (AvgIpc) is 3.50. The van der Waals surface area contributed by atoms with Gasteiger partial charge < -0.3 is 14.2 Å². The normalized spacial score (nSPS) is 13.0. The van der Waals surface area contributed by atoms with Crippen molar-refractivity contribution in [2.24, 2.45) is 0 Å². The lowest BCUT2D eigenvalue weighted by molar-refractivity contribution is -0.167. The minimum atomic E-state index is -0.792. The SMILES string of the molecule is CC/C=C\C/C=C\C/C=C\C/C=C\C/C=C\C/C=C\CCCCCCC(=O)OC(COC(=O)CCCCCCCCC)COC(=O)CCCCCCCCCCCCCCCCCCCCC/C=C\C/C=C\C/C=C\C/C=C\C/C=C\CC. The van der Waals surface area contributed by atoms with Crippen molar-refractivity contribution >= 4 is 17.9 Å². The molecule has 0 bridgehead atoms. The number of esters is 3. The highest BCUT2D eigenvalue weighted by atomic mass is 16.6. The lowest BCUT2D eigenvalue weighted by atomic mass is 10.0. The molecule has 0 aliphatic heterocycles. The maximum atomic E-state index is 12.9. The van der Waals surface area contributed by atoms with E-state index in [0.717, 1.165) is 141 Å². The molecule has 1 atom stereocenters. The lowest BCUT2D eigenvalue weighted by Gasteiger charge is -2.18. The van der Waals surface area contributed by atoms with Crippen LogP contribution in [-0.2, 0) is 28.6 Å². The molecule has 0 aromatic carbocycles. The van der Waals surface area contributed by atoms with Crippen LogP contribution in [0.5, 0.6) is 0 Å². The fourth-order valence-electron chi connectivity index (χ4n) is 9.53. The summed E-state index contributed by atoms with van der Waals surface area (Å²) in [5.41, 5.74) is 0. The van der Waals surface area contributed by atoms with Gasteiger partial charge in [0.15, 0.2) is 6.10 Å². The summed E-state index contributed by atoms with van der Waals surface area (Å²) in [4.78, 5) is 38.1. The van der Waals surface area contributed by atoms with E-state index >= 15 is 0 Å². The first kappa shape index (κ1) is 78.5. The molecule has 0 spiro atoms. The lowest BCUT2D eigenvalue weighted by Crippen LogP contribution is -2.30. The third-order valence-electron chi connectivity index (χ3n) is 14.7. The van der Waals surface area contributed by atoms with Crippen LogP contribution in [0.3, 0.4) is 0 Å². The maximum Gasteiger partial charge on any atom is 0.306 e. The summed E-state index contributed by atoms with van der Waals surface area (Å²) >= 11 is 0. The molecule has 0 saturated carbocycles. The molecule has 0 N–H and O–H groups in total. The molecular weight excluding hydrogens is 1020 g/mol. The molecule has 0 heterocycles. The van der Waals surface area contributed by atoms with Crippen LogP contribution in [-0.4, -0.2) is 37.2 Å². The highest BCUT2D eigenvalue weighted by Gasteiger charge is 2.19. The van der Waals surface area contributed by atoms with E-state index in [1.165, 1.54) is 135 Å².